The first-order valence-electron chi connectivity index (χ1n) is 6.22. The van der Waals surface area contributed by atoms with Crippen LogP contribution in [-0.4, -0.2) is 16.7 Å². The Kier molecular flexibility index (Phi) is 3.36. The number of anilines is 1. The number of nitrogen functional groups attached to an aromatic ring is 1. The quantitative estimate of drug-likeness (QED) is 0.799. The van der Waals surface area contributed by atoms with Crippen molar-refractivity contribution in [3.05, 3.63) is 52.5 Å². The van der Waals surface area contributed by atoms with Crippen molar-refractivity contribution in [1.29, 1.82) is 0 Å². The van der Waals surface area contributed by atoms with Crippen LogP contribution in [0.1, 0.15) is 5.56 Å². The Morgan fingerprint density at radius 1 is 1.25 bits per heavy atom. The van der Waals surface area contributed by atoms with Crippen molar-refractivity contribution < 1.29 is 4.74 Å². The molecule has 0 saturated carbocycles. The summed E-state index contributed by atoms with van der Waals surface area (Å²) < 4.78 is 8.38. The van der Waals surface area contributed by atoms with Crippen molar-refractivity contribution in [2.75, 3.05) is 12.8 Å². The van der Waals surface area contributed by atoms with E-state index >= 15 is 0 Å². The highest BCUT2D eigenvalue weighted by molar-refractivity contribution is 9.10. The Bertz CT molecular complexity index is 767. The summed E-state index contributed by atoms with van der Waals surface area (Å²) in [5.74, 6) is 1.35. The molecule has 0 bridgehead atoms. The van der Waals surface area contributed by atoms with Gasteiger partial charge in [-0.3, -0.25) is 0 Å². The fraction of sp³-hybridized carbons (Fsp3) is 0.133. The topological polar surface area (TPSA) is 53.1 Å². The van der Waals surface area contributed by atoms with Crippen molar-refractivity contribution in [1.82, 2.24) is 9.55 Å². The number of benzene rings is 2. The van der Waals surface area contributed by atoms with Crippen LogP contribution in [-0.2, 0) is 6.54 Å². The van der Waals surface area contributed by atoms with Gasteiger partial charge in [-0.15, -0.1) is 0 Å². The summed E-state index contributed by atoms with van der Waals surface area (Å²) in [4.78, 5) is 4.38. The molecular formula is C15H14BrN3O. The third kappa shape index (κ3) is 2.25. The summed E-state index contributed by atoms with van der Waals surface area (Å²) in [7, 11) is 1.67. The second-order valence-corrected chi connectivity index (χ2v) is 5.42. The van der Waals surface area contributed by atoms with Gasteiger partial charge in [0, 0.05) is 10.0 Å². The van der Waals surface area contributed by atoms with E-state index in [0.29, 0.717) is 12.5 Å². The molecule has 4 nitrogen and oxygen atoms in total. The number of rotatable bonds is 3. The average Bonchev–Trinajstić information content (AvgIpc) is 2.76. The molecule has 1 heterocycles. The van der Waals surface area contributed by atoms with Crippen LogP contribution in [0.2, 0.25) is 0 Å². The summed E-state index contributed by atoms with van der Waals surface area (Å²) in [6, 6.07) is 13.9. The lowest BCUT2D eigenvalue weighted by Crippen LogP contribution is -2.05. The predicted molar refractivity (Wildman–Crippen MR) is 83.9 cm³/mol. The summed E-state index contributed by atoms with van der Waals surface area (Å²) in [6.07, 6.45) is 0. The Hall–Kier alpha value is -2.01. The number of methoxy groups -OCH3 is 1. The van der Waals surface area contributed by atoms with Crippen molar-refractivity contribution >= 4 is 32.9 Å². The van der Waals surface area contributed by atoms with E-state index in [2.05, 4.69) is 20.9 Å². The van der Waals surface area contributed by atoms with Crippen LogP contribution < -0.4 is 10.5 Å². The van der Waals surface area contributed by atoms with Crippen molar-refractivity contribution in [2.24, 2.45) is 0 Å². The number of imidazole rings is 1. The molecule has 3 aromatic rings. The SMILES string of the molecule is COc1ccccc1Cn1c(N)nc2ccc(Br)cc21. The van der Waals surface area contributed by atoms with Crippen LogP contribution in [0.15, 0.2) is 46.9 Å². The van der Waals surface area contributed by atoms with Gasteiger partial charge in [0.25, 0.3) is 0 Å². The summed E-state index contributed by atoms with van der Waals surface area (Å²) in [5, 5.41) is 0. The molecule has 2 N–H and O–H groups in total. The van der Waals surface area contributed by atoms with Crippen LogP contribution in [0.5, 0.6) is 5.75 Å². The van der Waals surface area contributed by atoms with Gasteiger partial charge in [-0.05, 0) is 24.3 Å². The number of nitrogens with zero attached hydrogens (tertiary/aromatic N) is 2. The lowest BCUT2D eigenvalue weighted by atomic mass is 10.2. The first-order valence-corrected chi connectivity index (χ1v) is 7.01. The molecule has 5 heteroatoms. The highest BCUT2D eigenvalue weighted by Crippen LogP contribution is 2.25. The summed E-state index contributed by atoms with van der Waals surface area (Å²) in [5.41, 5.74) is 9.00. The normalized spacial score (nSPS) is 10.9. The molecule has 3 rings (SSSR count). The minimum absolute atomic E-state index is 0.504. The largest absolute Gasteiger partial charge is 0.496 e. The van der Waals surface area contributed by atoms with Gasteiger partial charge in [0.15, 0.2) is 0 Å². The van der Waals surface area contributed by atoms with E-state index < -0.39 is 0 Å². The predicted octanol–water partition coefficient (Wildman–Crippen LogP) is 3.44. The van der Waals surface area contributed by atoms with E-state index in [1.165, 1.54) is 0 Å². The zero-order chi connectivity index (χ0) is 14.1. The molecule has 0 aliphatic heterocycles. The third-order valence-electron chi connectivity index (χ3n) is 3.26. The van der Waals surface area contributed by atoms with Crippen LogP contribution in [0.3, 0.4) is 0 Å². The average molecular weight is 332 g/mol. The number of aromatic nitrogens is 2. The molecule has 0 radical (unpaired) electrons. The Morgan fingerprint density at radius 3 is 2.85 bits per heavy atom. The number of nitrogens with two attached hydrogens (primary N) is 1. The molecule has 1 aromatic heterocycles. The number of hydrogen-bond donors (Lipinski definition) is 1. The highest BCUT2D eigenvalue weighted by Gasteiger charge is 2.11. The second-order valence-electron chi connectivity index (χ2n) is 4.50. The molecule has 0 aliphatic rings. The van der Waals surface area contributed by atoms with Gasteiger partial charge >= 0.3 is 0 Å². The van der Waals surface area contributed by atoms with E-state index in [0.717, 1.165) is 26.8 Å². The van der Waals surface area contributed by atoms with Crippen molar-refractivity contribution in [3.63, 3.8) is 0 Å². The smallest absolute Gasteiger partial charge is 0.201 e. The Labute approximate surface area is 125 Å². The van der Waals surface area contributed by atoms with Crippen molar-refractivity contribution in [3.8, 4) is 5.75 Å². The highest BCUT2D eigenvalue weighted by atomic mass is 79.9. The molecule has 2 aromatic carbocycles. The first-order chi connectivity index (χ1) is 9.69. The number of hydrogen-bond acceptors (Lipinski definition) is 3. The molecule has 0 spiro atoms. The van der Waals surface area contributed by atoms with Gasteiger partial charge < -0.3 is 15.0 Å². The zero-order valence-corrected chi connectivity index (χ0v) is 12.6. The number of fused-ring (bicyclic) bond motifs is 1. The first kappa shape index (κ1) is 13.0. The molecule has 0 fully saturated rings. The van der Waals surface area contributed by atoms with Gasteiger partial charge in [-0.2, -0.15) is 0 Å². The molecule has 0 unspecified atom stereocenters. The van der Waals surface area contributed by atoms with E-state index in [1.54, 1.807) is 7.11 Å². The maximum Gasteiger partial charge on any atom is 0.201 e. The van der Waals surface area contributed by atoms with Gasteiger partial charge in [-0.25, -0.2) is 4.98 Å². The van der Waals surface area contributed by atoms with Crippen molar-refractivity contribution in [2.45, 2.75) is 6.54 Å². The number of ether oxygens (including phenoxy) is 1. The standard InChI is InChI=1S/C15H14BrN3O/c1-20-14-5-3-2-4-10(14)9-19-13-8-11(16)6-7-12(13)18-15(19)17/h2-8H,9H2,1H3,(H2,17,18). The lowest BCUT2D eigenvalue weighted by Gasteiger charge is -2.10. The Morgan fingerprint density at radius 2 is 2.05 bits per heavy atom. The second kappa shape index (κ2) is 5.17. The van der Waals surface area contributed by atoms with Gasteiger partial charge in [0.05, 0.1) is 24.7 Å². The van der Waals surface area contributed by atoms with Crippen LogP contribution in [0, 0.1) is 0 Å². The van der Waals surface area contributed by atoms with Gasteiger partial charge in [-0.1, -0.05) is 34.1 Å². The fourth-order valence-corrected chi connectivity index (χ4v) is 2.63. The molecule has 0 saturated heterocycles. The molecule has 0 atom stereocenters. The van der Waals surface area contributed by atoms with Gasteiger partial charge in [0.1, 0.15) is 5.75 Å². The summed E-state index contributed by atoms with van der Waals surface area (Å²) in [6.45, 7) is 0.628. The van der Waals surface area contributed by atoms with Crippen LogP contribution in [0.25, 0.3) is 11.0 Å². The molecular weight excluding hydrogens is 318 g/mol. The fourth-order valence-electron chi connectivity index (χ4n) is 2.28. The van der Waals surface area contributed by atoms with Crippen LogP contribution in [0.4, 0.5) is 5.95 Å². The molecule has 102 valence electrons. The van der Waals surface area contributed by atoms with Crippen LogP contribution >= 0.6 is 15.9 Å². The maximum absolute atomic E-state index is 6.04. The minimum atomic E-state index is 0.504. The number of halogens is 1. The monoisotopic (exact) mass is 331 g/mol. The van der Waals surface area contributed by atoms with E-state index in [4.69, 9.17) is 10.5 Å². The lowest BCUT2D eigenvalue weighted by molar-refractivity contribution is 0.408. The maximum atomic E-state index is 6.04. The zero-order valence-electron chi connectivity index (χ0n) is 11.0. The number of para-hydroxylation sites is 1. The summed E-state index contributed by atoms with van der Waals surface area (Å²) >= 11 is 3.48. The van der Waals surface area contributed by atoms with E-state index in [1.807, 2.05) is 47.0 Å². The molecule has 20 heavy (non-hydrogen) atoms. The third-order valence-corrected chi connectivity index (χ3v) is 3.75. The van der Waals surface area contributed by atoms with E-state index in [-0.39, 0.29) is 0 Å². The van der Waals surface area contributed by atoms with Gasteiger partial charge in [0.2, 0.25) is 5.95 Å². The molecule has 0 aliphatic carbocycles. The minimum Gasteiger partial charge on any atom is -0.496 e. The van der Waals surface area contributed by atoms with E-state index in [9.17, 15) is 0 Å². The molecule has 0 amide bonds. The Balaban J connectivity index is 2.10.